The van der Waals surface area contributed by atoms with E-state index in [0.29, 0.717) is 0 Å². The number of allylic oxidation sites excluding steroid dienone is 2. The molecule has 4 heteroatoms. The predicted octanol–water partition coefficient (Wildman–Crippen LogP) is 8.80. The number of benzene rings is 4. The first-order valence-corrected chi connectivity index (χ1v) is 12.0. The van der Waals surface area contributed by atoms with Gasteiger partial charge in [0.05, 0.1) is 16.7 Å². The maximum absolute atomic E-state index is 11.7. The molecule has 0 amide bonds. The second-order valence-corrected chi connectivity index (χ2v) is 8.45. The molecular weight excluding hydrogens is 623 g/mol. The number of aliphatic hydroxyl groups excluding tert-OH is 1. The van der Waals surface area contributed by atoms with Crippen LogP contribution in [0.15, 0.2) is 72.4 Å². The minimum atomic E-state index is -0.493. The zero-order chi connectivity index (χ0) is 33.7. The first-order valence-electron chi connectivity index (χ1n) is 17.0. The van der Waals surface area contributed by atoms with Gasteiger partial charge in [-0.3, -0.25) is 4.79 Å². The summed E-state index contributed by atoms with van der Waals surface area (Å²) in [6, 6.07) is -1.00. The number of hydrogen-bond acceptors (Lipinski definition) is 3. The first-order chi connectivity index (χ1) is 21.2. The van der Waals surface area contributed by atoms with Gasteiger partial charge in [-0.15, -0.1) is 28.9 Å². The number of pyridine rings is 1. The largest absolute Gasteiger partial charge is 0.512 e. The van der Waals surface area contributed by atoms with Gasteiger partial charge in [-0.1, -0.05) is 74.7 Å². The molecule has 0 spiro atoms. The van der Waals surface area contributed by atoms with E-state index in [4.69, 9.17) is 13.7 Å². The van der Waals surface area contributed by atoms with E-state index in [-0.39, 0.29) is 98.8 Å². The van der Waals surface area contributed by atoms with Crippen molar-refractivity contribution in [3.8, 4) is 0 Å². The summed E-state index contributed by atoms with van der Waals surface area (Å²) in [5.74, 6) is 0.547. The van der Waals surface area contributed by atoms with Crippen LogP contribution >= 0.6 is 0 Å². The van der Waals surface area contributed by atoms with E-state index in [2.05, 4.69) is 11.1 Å². The molecule has 0 aliphatic heterocycles. The van der Waals surface area contributed by atoms with Crippen molar-refractivity contribution in [2.45, 2.75) is 53.4 Å². The van der Waals surface area contributed by atoms with Crippen molar-refractivity contribution in [2.24, 2.45) is 11.8 Å². The van der Waals surface area contributed by atoms with Crippen molar-refractivity contribution >= 4 is 49.0 Å². The summed E-state index contributed by atoms with van der Waals surface area (Å²) in [5, 5.41) is 10.1. The van der Waals surface area contributed by atoms with Crippen LogP contribution in [0.5, 0.6) is 0 Å². The van der Waals surface area contributed by atoms with Gasteiger partial charge in [0, 0.05) is 45.6 Å². The Hall–Kier alpha value is -2.81. The fourth-order valence-corrected chi connectivity index (χ4v) is 4.41. The van der Waals surface area contributed by atoms with Crippen LogP contribution in [0.3, 0.4) is 0 Å². The molecule has 36 heavy (non-hydrogen) atoms. The second-order valence-electron chi connectivity index (χ2n) is 8.45. The fraction of sp³-hybridized carbons (Fsp3) is 0.312. The number of rotatable bonds is 7. The molecule has 1 radical (unpaired) electrons. The molecule has 0 aliphatic carbocycles. The Morgan fingerprint density at radius 2 is 1.50 bits per heavy atom. The molecule has 1 N–H and O–H groups in total. The van der Waals surface area contributed by atoms with Gasteiger partial charge in [0.15, 0.2) is 5.78 Å². The SMILES string of the molecule is CCC(CC)C(=O)/C=C(\O)C(CC)CC.[2H]c1[c-]c2c3nc([2H])c([2H])c4c([2H])c([2H])c([2H])c(c5c([2H])c([2H])c([2H])c(c1[2H])c25)c43.[Ir]. The van der Waals surface area contributed by atoms with Gasteiger partial charge in [-0.2, -0.15) is 0 Å². The quantitative estimate of drug-likeness (QED) is 0.0621. The third kappa shape index (κ3) is 5.31. The normalized spacial score (nSPS) is 15.8. The molecule has 0 saturated heterocycles. The number of ketones is 1. The van der Waals surface area contributed by atoms with Gasteiger partial charge in [0.1, 0.15) is 0 Å². The number of carbonyl (C=O) groups is 1. The van der Waals surface area contributed by atoms with Crippen molar-refractivity contribution in [1.29, 1.82) is 0 Å². The Morgan fingerprint density at radius 3 is 2.11 bits per heavy atom. The van der Waals surface area contributed by atoms with Gasteiger partial charge in [-0.25, -0.2) is 0 Å². The Balaban J connectivity index is 0.000000309. The standard InChI is InChI=1S/C19H10N.C13H24O2.Ir/c1-4-12-5-3-9-16-17(12)14(7-1)15-8-2-6-13-10-11-20-19(16)18(13)15;1-5-10(6-2)12(14)9-13(15)11(7-3)8-4;/h1-8,10-11H;9-11,14H,5-8H2,1-4H3;/q-1;;/b;12-9-;/i1D,2D,3D,4D,5D,6D,7D,8D,10D,11D;;. The molecule has 1 heterocycles. The molecule has 189 valence electrons. The molecule has 0 aliphatic rings. The minimum absolute atomic E-state index is 0. The molecule has 3 nitrogen and oxygen atoms in total. The van der Waals surface area contributed by atoms with E-state index in [9.17, 15) is 9.90 Å². The van der Waals surface area contributed by atoms with Crippen molar-refractivity contribution in [3.05, 3.63) is 78.5 Å². The smallest absolute Gasteiger partial charge is 0.162 e. The topological polar surface area (TPSA) is 50.2 Å². The zero-order valence-electron chi connectivity index (χ0n) is 30.7. The zero-order valence-corrected chi connectivity index (χ0v) is 23.1. The molecule has 0 atom stereocenters. The summed E-state index contributed by atoms with van der Waals surface area (Å²) in [4.78, 5) is 15.8. The van der Waals surface area contributed by atoms with Crippen LogP contribution in [0.25, 0.3) is 43.2 Å². The van der Waals surface area contributed by atoms with E-state index < -0.39 is 48.5 Å². The van der Waals surface area contributed by atoms with Crippen LogP contribution in [-0.2, 0) is 24.9 Å². The summed E-state index contributed by atoms with van der Waals surface area (Å²) >= 11 is 0. The predicted molar refractivity (Wildman–Crippen MR) is 148 cm³/mol. The average molecular weight is 667 g/mol. The summed E-state index contributed by atoms with van der Waals surface area (Å²) in [6.07, 6.45) is 4.44. The van der Waals surface area contributed by atoms with E-state index >= 15 is 0 Å². The molecule has 0 saturated carbocycles. The number of hydrogen-bond donors (Lipinski definition) is 1. The van der Waals surface area contributed by atoms with Crippen LogP contribution in [0, 0.1) is 17.9 Å². The Bertz CT molecular complexity index is 1890. The average Bonchev–Trinajstić information content (AvgIpc) is 3.00. The van der Waals surface area contributed by atoms with Crippen LogP contribution in [0.1, 0.15) is 67.1 Å². The molecule has 5 aromatic rings. The maximum atomic E-state index is 11.7. The van der Waals surface area contributed by atoms with Crippen LogP contribution in [0.4, 0.5) is 0 Å². The molecule has 5 rings (SSSR count). The Morgan fingerprint density at radius 1 is 0.917 bits per heavy atom. The van der Waals surface area contributed by atoms with E-state index in [1.807, 2.05) is 27.7 Å². The van der Waals surface area contributed by atoms with Crippen LogP contribution in [0.2, 0.25) is 0 Å². The maximum Gasteiger partial charge on any atom is 0.162 e. The molecule has 0 bridgehead atoms. The van der Waals surface area contributed by atoms with E-state index in [0.717, 1.165) is 25.7 Å². The van der Waals surface area contributed by atoms with Gasteiger partial charge in [0.25, 0.3) is 0 Å². The van der Waals surface area contributed by atoms with Crippen LogP contribution < -0.4 is 0 Å². The van der Waals surface area contributed by atoms with Gasteiger partial charge in [-0.05, 0) is 54.8 Å². The van der Waals surface area contributed by atoms with Crippen molar-refractivity contribution in [2.75, 3.05) is 0 Å². The number of nitrogens with zero attached hydrogens (tertiary/aromatic N) is 1. The second kappa shape index (κ2) is 12.4. The van der Waals surface area contributed by atoms with E-state index in [1.54, 1.807) is 0 Å². The van der Waals surface area contributed by atoms with Gasteiger partial charge in [0.2, 0.25) is 0 Å². The molecular formula is C32H34IrNO2-. The summed E-state index contributed by atoms with van der Waals surface area (Å²) < 4.78 is 82.5. The van der Waals surface area contributed by atoms with Crippen molar-refractivity contribution in [1.82, 2.24) is 4.98 Å². The Labute approximate surface area is 241 Å². The summed E-state index contributed by atoms with van der Waals surface area (Å²) in [6.45, 7) is 8.07. The van der Waals surface area contributed by atoms with Gasteiger partial charge >= 0.3 is 0 Å². The van der Waals surface area contributed by atoms with Gasteiger partial charge < -0.3 is 10.1 Å². The molecule has 4 aromatic carbocycles. The first kappa shape index (κ1) is 16.8. The Kier molecular flexibility index (Phi) is 5.82. The number of aromatic nitrogens is 1. The summed E-state index contributed by atoms with van der Waals surface area (Å²) in [5.41, 5.74) is 0.0607. The monoisotopic (exact) mass is 667 g/mol. The molecule has 0 fully saturated rings. The third-order valence-corrected chi connectivity index (χ3v) is 6.53. The number of carbonyl (C=O) groups excluding carboxylic acids is 1. The minimum Gasteiger partial charge on any atom is -0.512 e. The number of fused-ring (bicyclic) bond motifs is 2. The third-order valence-electron chi connectivity index (χ3n) is 6.53. The number of aliphatic hydroxyl groups is 1. The molecule has 0 unspecified atom stereocenters. The molecule has 1 aromatic heterocycles. The van der Waals surface area contributed by atoms with Crippen LogP contribution in [-0.4, -0.2) is 15.9 Å². The summed E-state index contributed by atoms with van der Waals surface area (Å²) in [7, 11) is 0. The van der Waals surface area contributed by atoms with Crippen molar-refractivity contribution < 1.29 is 43.7 Å². The van der Waals surface area contributed by atoms with Crippen molar-refractivity contribution in [3.63, 3.8) is 0 Å². The fourth-order valence-electron chi connectivity index (χ4n) is 4.41. The van der Waals surface area contributed by atoms with E-state index in [1.165, 1.54) is 6.08 Å².